The number of alkyl halides is 3. The normalized spacial score (nSPS) is 12.3. The molecule has 0 aliphatic carbocycles. The van der Waals surface area contributed by atoms with Gasteiger partial charge in [-0.3, -0.25) is 9.71 Å². The molecule has 0 amide bonds. The lowest BCUT2D eigenvalue weighted by molar-refractivity contribution is -0.137. The van der Waals surface area contributed by atoms with Crippen LogP contribution in [0.25, 0.3) is 10.4 Å². The smallest absolute Gasteiger partial charge is 0.419 e. The van der Waals surface area contributed by atoms with Crippen LogP contribution in [-0.2, 0) is 21.7 Å². The average Bonchev–Trinajstić information content (AvgIpc) is 3.22. The zero-order chi connectivity index (χ0) is 27.7. The molecule has 0 unspecified atom stereocenters. The zero-order valence-corrected chi connectivity index (χ0v) is 22.6. The van der Waals surface area contributed by atoms with Gasteiger partial charge in [0.1, 0.15) is 10.6 Å². The summed E-state index contributed by atoms with van der Waals surface area (Å²) in [6.45, 7) is 5.85. The zero-order valence-electron chi connectivity index (χ0n) is 20.9. The molecule has 2 N–H and O–H groups in total. The summed E-state index contributed by atoms with van der Waals surface area (Å²) in [6.07, 6.45) is -3.15. The molecule has 0 aliphatic rings. The number of sulfonamides is 1. The van der Waals surface area contributed by atoms with Gasteiger partial charge >= 0.3 is 6.18 Å². The van der Waals surface area contributed by atoms with E-state index in [4.69, 9.17) is 4.74 Å². The minimum Gasteiger partial charge on any atom is -0.495 e. The highest BCUT2D eigenvalue weighted by molar-refractivity contribution is 7.92. The van der Waals surface area contributed by atoms with Gasteiger partial charge < -0.3 is 10.1 Å². The van der Waals surface area contributed by atoms with Gasteiger partial charge in [0.05, 0.1) is 34.5 Å². The second-order valence-corrected chi connectivity index (χ2v) is 11.6. The largest absolute Gasteiger partial charge is 0.495 e. The number of methoxy groups -OCH3 is 1. The van der Waals surface area contributed by atoms with Gasteiger partial charge in [-0.15, -0.1) is 0 Å². The van der Waals surface area contributed by atoms with Gasteiger partial charge in [0.2, 0.25) is 0 Å². The Bertz CT molecular complexity index is 1550. The van der Waals surface area contributed by atoms with Crippen LogP contribution in [0.15, 0.2) is 71.9 Å². The van der Waals surface area contributed by atoms with Crippen molar-refractivity contribution in [3.05, 3.63) is 83.8 Å². The van der Waals surface area contributed by atoms with E-state index >= 15 is 0 Å². The molecule has 2 heterocycles. The van der Waals surface area contributed by atoms with Crippen LogP contribution in [0.4, 0.5) is 24.0 Å². The van der Waals surface area contributed by atoms with Crippen LogP contribution >= 0.6 is 11.3 Å². The highest BCUT2D eigenvalue weighted by Crippen LogP contribution is 2.40. The molecule has 200 valence electrons. The monoisotopic (exact) mass is 562 g/mol. The third kappa shape index (κ3) is 5.76. The summed E-state index contributed by atoms with van der Waals surface area (Å²) >= 11 is 1.34. The van der Waals surface area contributed by atoms with Crippen LogP contribution in [0.5, 0.6) is 5.75 Å². The molecule has 0 spiro atoms. The van der Waals surface area contributed by atoms with Crippen LogP contribution in [-0.4, -0.2) is 25.5 Å². The Labute approximate surface area is 222 Å². The molecule has 0 aliphatic heterocycles. The Balaban J connectivity index is 1.70. The van der Waals surface area contributed by atoms with Crippen LogP contribution in [0.2, 0.25) is 0 Å². The number of aryl methyl sites for hydroxylation is 1. The van der Waals surface area contributed by atoms with Crippen LogP contribution < -0.4 is 14.8 Å². The van der Waals surface area contributed by atoms with Crippen molar-refractivity contribution >= 4 is 32.2 Å². The molecular weight excluding hydrogens is 537 g/mol. The number of halogens is 3. The molecule has 0 fully saturated rings. The first-order valence-electron chi connectivity index (χ1n) is 11.4. The fraction of sp³-hybridized carbons (Fsp3) is 0.231. The summed E-state index contributed by atoms with van der Waals surface area (Å²) in [6, 6.07) is 15.3. The van der Waals surface area contributed by atoms with Crippen LogP contribution in [0.1, 0.15) is 30.7 Å². The highest BCUT2D eigenvalue weighted by atomic mass is 32.2. The molecule has 38 heavy (non-hydrogen) atoms. The lowest BCUT2D eigenvalue weighted by Crippen LogP contribution is -2.27. The average molecular weight is 563 g/mol. The van der Waals surface area contributed by atoms with Crippen molar-refractivity contribution in [2.24, 2.45) is 0 Å². The molecule has 12 heteroatoms. The van der Waals surface area contributed by atoms with E-state index in [0.717, 1.165) is 17.8 Å². The topological polar surface area (TPSA) is 93.2 Å². The van der Waals surface area contributed by atoms with Gasteiger partial charge in [0.15, 0.2) is 5.13 Å². The first-order valence-corrected chi connectivity index (χ1v) is 13.7. The quantitative estimate of drug-likeness (QED) is 0.249. The second-order valence-electron chi connectivity index (χ2n) is 8.94. The molecule has 0 saturated carbocycles. The number of aromatic nitrogens is 2. The Kier molecular flexibility index (Phi) is 7.39. The summed E-state index contributed by atoms with van der Waals surface area (Å²) in [4.78, 5) is 8.48. The maximum atomic E-state index is 13.4. The molecule has 4 rings (SSSR count). The van der Waals surface area contributed by atoms with E-state index in [2.05, 4.69) is 15.3 Å². The van der Waals surface area contributed by atoms with Gasteiger partial charge in [-0.2, -0.15) is 13.2 Å². The lowest BCUT2D eigenvalue weighted by Gasteiger charge is -2.26. The number of pyridine rings is 1. The van der Waals surface area contributed by atoms with Crippen molar-refractivity contribution in [2.45, 2.75) is 37.4 Å². The second kappa shape index (κ2) is 10.3. The van der Waals surface area contributed by atoms with Gasteiger partial charge in [-0.05, 0) is 56.2 Å². The van der Waals surface area contributed by atoms with Crippen molar-refractivity contribution in [1.82, 2.24) is 9.97 Å². The number of ether oxygens (including phenoxy) is 1. The molecule has 0 bridgehead atoms. The minimum absolute atomic E-state index is 0.0189. The third-order valence-electron chi connectivity index (χ3n) is 5.80. The third-order valence-corrected chi connectivity index (χ3v) is 8.31. The number of rotatable bonds is 8. The van der Waals surface area contributed by atoms with E-state index < -0.39 is 33.0 Å². The Hall–Kier alpha value is -3.64. The maximum absolute atomic E-state index is 13.4. The predicted molar refractivity (Wildman–Crippen MR) is 142 cm³/mol. The lowest BCUT2D eigenvalue weighted by atomic mass is 9.95. The van der Waals surface area contributed by atoms with E-state index in [1.807, 2.05) is 48.9 Å². The van der Waals surface area contributed by atoms with Gasteiger partial charge in [-0.1, -0.05) is 41.7 Å². The Morgan fingerprint density at radius 3 is 2.39 bits per heavy atom. The Morgan fingerprint density at radius 1 is 1.03 bits per heavy atom. The molecule has 2 aromatic carbocycles. The van der Waals surface area contributed by atoms with Gasteiger partial charge in [0, 0.05) is 12.4 Å². The summed E-state index contributed by atoms with van der Waals surface area (Å²) in [5.74, 6) is -0.0189. The highest BCUT2D eigenvalue weighted by Gasteiger charge is 2.35. The number of nitrogens with one attached hydrogen (secondary N) is 2. The molecular formula is C26H25F3N4O3S2. The minimum atomic E-state index is -4.80. The van der Waals surface area contributed by atoms with Crippen molar-refractivity contribution in [3.63, 3.8) is 0 Å². The Morgan fingerprint density at radius 2 is 1.74 bits per heavy atom. The van der Waals surface area contributed by atoms with E-state index in [1.54, 1.807) is 13.0 Å². The van der Waals surface area contributed by atoms with Crippen LogP contribution in [0, 0.1) is 6.92 Å². The van der Waals surface area contributed by atoms with E-state index in [1.165, 1.54) is 30.6 Å². The maximum Gasteiger partial charge on any atom is 0.419 e. The summed E-state index contributed by atoms with van der Waals surface area (Å²) in [5, 5.41) is 4.06. The number of anilines is 2. The summed E-state index contributed by atoms with van der Waals surface area (Å²) in [7, 11) is -3.19. The molecule has 0 radical (unpaired) electrons. The van der Waals surface area contributed by atoms with Crippen molar-refractivity contribution < 1.29 is 26.3 Å². The molecule has 2 aromatic heterocycles. The number of benzene rings is 2. The summed E-state index contributed by atoms with van der Waals surface area (Å²) < 4.78 is 74.1. The van der Waals surface area contributed by atoms with E-state index in [9.17, 15) is 21.6 Å². The molecule has 0 atom stereocenters. The molecule has 7 nitrogen and oxygen atoms in total. The fourth-order valence-corrected chi connectivity index (χ4v) is 6.25. The summed E-state index contributed by atoms with van der Waals surface area (Å²) in [5.41, 5.74) is -0.0131. The van der Waals surface area contributed by atoms with Crippen molar-refractivity contribution in [1.29, 1.82) is 0 Å². The number of thiazole rings is 1. The van der Waals surface area contributed by atoms with E-state index in [0.29, 0.717) is 27.5 Å². The predicted octanol–water partition coefficient (Wildman–Crippen LogP) is 6.69. The standard InChI is InChI=1S/C26H25F3N4O3S2/c1-16-23(37-24(31-16)32-25(2,3)18-8-6-5-7-9-18)17-10-11-21(36-4)22(14-17)38(34,35)33-20-12-13-30-15-19(20)26(27,28)29/h5-15H,1-4H3,(H,30,33)(H,31,32). The number of hydrogen-bond donors (Lipinski definition) is 2. The van der Waals surface area contributed by atoms with Crippen molar-refractivity contribution in [3.8, 4) is 16.2 Å². The first-order chi connectivity index (χ1) is 17.8. The van der Waals surface area contributed by atoms with E-state index in [-0.39, 0.29) is 10.6 Å². The van der Waals surface area contributed by atoms with Gasteiger partial charge in [-0.25, -0.2) is 13.4 Å². The molecule has 4 aromatic rings. The SMILES string of the molecule is COc1ccc(-c2sc(NC(C)(C)c3ccccc3)nc2C)cc1S(=O)(=O)Nc1ccncc1C(F)(F)F. The fourth-order valence-electron chi connectivity index (χ4n) is 3.85. The van der Waals surface area contributed by atoms with Crippen molar-refractivity contribution in [2.75, 3.05) is 17.1 Å². The van der Waals surface area contributed by atoms with Crippen LogP contribution in [0.3, 0.4) is 0 Å². The first kappa shape index (κ1) is 27.4. The molecule has 0 saturated heterocycles. The van der Waals surface area contributed by atoms with Gasteiger partial charge in [0.25, 0.3) is 10.0 Å². The number of hydrogen-bond acceptors (Lipinski definition) is 7. The number of nitrogens with zero attached hydrogens (tertiary/aromatic N) is 2.